The molecule has 13 nitrogen and oxygen atoms in total. The van der Waals surface area contributed by atoms with E-state index < -0.39 is 65.8 Å². The van der Waals surface area contributed by atoms with Crippen molar-refractivity contribution in [1.29, 1.82) is 0 Å². The molecule has 0 aromatic heterocycles. The van der Waals surface area contributed by atoms with Crippen LogP contribution in [0.2, 0.25) is 0 Å². The van der Waals surface area contributed by atoms with Crippen LogP contribution in [0.25, 0.3) is 0 Å². The molecule has 0 aliphatic heterocycles. The van der Waals surface area contributed by atoms with Gasteiger partial charge in [0.15, 0.2) is 0 Å². The average Bonchev–Trinajstić information content (AvgIpc) is 2.83. The topological polar surface area (TPSA) is 228 Å². The van der Waals surface area contributed by atoms with Crippen LogP contribution in [0.1, 0.15) is 45.6 Å². The Morgan fingerprint density at radius 1 is 0.892 bits per heavy atom. The monoisotopic (exact) mass is 524 g/mol. The van der Waals surface area contributed by atoms with Crippen molar-refractivity contribution in [3.05, 3.63) is 29.8 Å². The fourth-order valence-electron chi connectivity index (χ4n) is 3.35. The van der Waals surface area contributed by atoms with Gasteiger partial charge in [0.25, 0.3) is 0 Å². The van der Waals surface area contributed by atoms with Crippen molar-refractivity contribution in [2.45, 2.75) is 76.7 Å². The molecule has 1 rings (SSSR count). The molecule has 206 valence electrons. The van der Waals surface area contributed by atoms with Crippen LogP contribution in [0, 0.1) is 5.92 Å². The number of carbonyl (C=O) groups excluding carboxylic acids is 3. The lowest BCUT2D eigenvalue weighted by Gasteiger charge is -2.28. The molecule has 1 aromatic carbocycles. The maximum atomic E-state index is 13.2. The van der Waals surface area contributed by atoms with Gasteiger partial charge in [-0.25, -0.2) is 4.79 Å². The number of aliphatic carboxylic acids is 2. The molecule has 0 saturated heterocycles. The number of amides is 3. The molecule has 9 N–H and O–H groups in total. The summed E-state index contributed by atoms with van der Waals surface area (Å²) in [6.45, 7) is 4.61. The first-order chi connectivity index (χ1) is 17.3. The van der Waals surface area contributed by atoms with Crippen LogP contribution in [0.4, 0.5) is 0 Å². The Hall–Kier alpha value is -3.71. The number of carboxylic acid groups (broad SMARTS) is 2. The van der Waals surface area contributed by atoms with E-state index in [4.69, 9.17) is 10.8 Å². The van der Waals surface area contributed by atoms with Gasteiger partial charge in [-0.1, -0.05) is 32.4 Å². The van der Waals surface area contributed by atoms with E-state index in [2.05, 4.69) is 16.0 Å². The molecule has 6 unspecified atom stereocenters. The summed E-state index contributed by atoms with van der Waals surface area (Å²) in [5, 5.41) is 45.0. The summed E-state index contributed by atoms with van der Waals surface area (Å²) in [4.78, 5) is 60.9. The van der Waals surface area contributed by atoms with E-state index in [1.165, 1.54) is 31.2 Å². The van der Waals surface area contributed by atoms with Crippen LogP contribution in [0.3, 0.4) is 0 Å². The number of hydrogen-bond acceptors (Lipinski definition) is 8. The highest BCUT2D eigenvalue weighted by Gasteiger charge is 2.34. The van der Waals surface area contributed by atoms with Crippen molar-refractivity contribution in [2.24, 2.45) is 11.7 Å². The largest absolute Gasteiger partial charge is 0.508 e. The van der Waals surface area contributed by atoms with Gasteiger partial charge in [-0.2, -0.15) is 0 Å². The second kappa shape index (κ2) is 14.8. The highest BCUT2D eigenvalue weighted by Crippen LogP contribution is 2.13. The molecule has 37 heavy (non-hydrogen) atoms. The molecule has 1 aromatic rings. The Balaban J connectivity index is 3.11. The lowest BCUT2D eigenvalue weighted by molar-refractivity contribution is -0.144. The number of hydrogen-bond donors (Lipinski definition) is 8. The quantitative estimate of drug-likeness (QED) is 0.141. The summed E-state index contributed by atoms with van der Waals surface area (Å²) in [5.74, 6) is -5.48. The first-order valence-electron chi connectivity index (χ1n) is 11.8. The smallest absolute Gasteiger partial charge is 0.326 e. The van der Waals surface area contributed by atoms with Gasteiger partial charge in [-0.05, 0) is 37.0 Å². The molecule has 0 aliphatic carbocycles. The predicted octanol–water partition coefficient (Wildman–Crippen LogP) is -0.907. The van der Waals surface area contributed by atoms with Crippen LogP contribution in [0.5, 0.6) is 5.75 Å². The van der Waals surface area contributed by atoms with Gasteiger partial charge in [0.1, 0.15) is 23.9 Å². The van der Waals surface area contributed by atoms with Gasteiger partial charge in [0.05, 0.1) is 12.1 Å². The standard InChI is InChI=1S/C24H36N4O9/c1-4-12(2)19(24(36)37)27-23(35)20(13(3)29)28-22(34)17(11-14-5-7-15(30)8-6-14)26-21(33)16(25)9-10-18(31)32/h5-8,12-13,16-17,19-20,29-30H,4,9-11,25H2,1-3H3,(H,26,33)(H,27,35)(H,28,34)(H,31,32)(H,36,37). The Bertz CT molecular complexity index is 952. The molecule has 0 bridgehead atoms. The summed E-state index contributed by atoms with van der Waals surface area (Å²) in [6.07, 6.45) is -1.61. The number of benzene rings is 1. The third-order valence-electron chi connectivity index (χ3n) is 5.85. The Morgan fingerprint density at radius 2 is 1.46 bits per heavy atom. The summed E-state index contributed by atoms with van der Waals surface area (Å²) < 4.78 is 0. The molecule has 6 atom stereocenters. The minimum atomic E-state index is -1.54. The minimum Gasteiger partial charge on any atom is -0.508 e. The van der Waals surface area contributed by atoms with Gasteiger partial charge in [0.2, 0.25) is 17.7 Å². The van der Waals surface area contributed by atoms with Gasteiger partial charge in [-0.15, -0.1) is 0 Å². The van der Waals surface area contributed by atoms with E-state index in [1.807, 2.05) is 0 Å². The van der Waals surface area contributed by atoms with Crippen molar-refractivity contribution in [3.8, 4) is 5.75 Å². The van der Waals surface area contributed by atoms with Crippen molar-refractivity contribution < 1.29 is 44.4 Å². The summed E-state index contributed by atoms with van der Waals surface area (Å²) in [7, 11) is 0. The number of nitrogens with one attached hydrogen (secondary N) is 3. The van der Waals surface area contributed by atoms with Crippen LogP contribution in [-0.4, -0.2) is 80.4 Å². The number of phenolic OH excluding ortho intramolecular Hbond substituents is 1. The van der Waals surface area contributed by atoms with Crippen LogP contribution < -0.4 is 21.7 Å². The van der Waals surface area contributed by atoms with Crippen molar-refractivity contribution in [3.63, 3.8) is 0 Å². The molecular weight excluding hydrogens is 488 g/mol. The maximum absolute atomic E-state index is 13.2. The molecule has 13 heteroatoms. The summed E-state index contributed by atoms with van der Waals surface area (Å²) in [5.41, 5.74) is 6.28. The van der Waals surface area contributed by atoms with Crippen molar-refractivity contribution in [1.82, 2.24) is 16.0 Å². The second-order valence-corrected chi connectivity index (χ2v) is 8.91. The number of rotatable bonds is 15. The molecule has 0 saturated carbocycles. The minimum absolute atomic E-state index is 0.0235. The molecule has 0 radical (unpaired) electrons. The Kier molecular flexibility index (Phi) is 12.5. The zero-order chi connectivity index (χ0) is 28.3. The SMILES string of the molecule is CCC(C)C(NC(=O)C(NC(=O)C(Cc1ccc(O)cc1)NC(=O)C(N)CCC(=O)O)C(C)O)C(=O)O. The number of aromatic hydroxyl groups is 1. The molecule has 0 heterocycles. The van der Waals surface area contributed by atoms with E-state index >= 15 is 0 Å². The zero-order valence-electron chi connectivity index (χ0n) is 21.0. The predicted molar refractivity (Wildman–Crippen MR) is 131 cm³/mol. The summed E-state index contributed by atoms with van der Waals surface area (Å²) >= 11 is 0. The Morgan fingerprint density at radius 3 is 1.95 bits per heavy atom. The zero-order valence-corrected chi connectivity index (χ0v) is 21.0. The molecule has 3 amide bonds. The van der Waals surface area contributed by atoms with Crippen LogP contribution >= 0.6 is 0 Å². The van der Waals surface area contributed by atoms with Gasteiger partial charge in [0, 0.05) is 12.8 Å². The molecule has 0 aliphatic rings. The van der Waals surface area contributed by atoms with E-state index in [0.717, 1.165) is 0 Å². The number of carboxylic acids is 2. The first-order valence-corrected chi connectivity index (χ1v) is 11.8. The third kappa shape index (κ3) is 10.4. The van der Waals surface area contributed by atoms with E-state index in [0.29, 0.717) is 12.0 Å². The summed E-state index contributed by atoms with van der Waals surface area (Å²) in [6, 6.07) is 0.438. The number of phenols is 1. The molecule has 0 fully saturated rings. The lowest BCUT2D eigenvalue weighted by atomic mass is 9.98. The fourth-order valence-corrected chi connectivity index (χ4v) is 3.35. The van der Waals surface area contributed by atoms with Gasteiger partial charge >= 0.3 is 11.9 Å². The second-order valence-electron chi connectivity index (χ2n) is 8.91. The van der Waals surface area contributed by atoms with Crippen molar-refractivity contribution in [2.75, 3.05) is 0 Å². The normalized spacial score (nSPS) is 15.8. The van der Waals surface area contributed by atoms with Crippen LogP contribution in [0.15, 0.2) is 24.3 Å². The number of aliphatic hydroxyl groups is 1. The van der Waals surface area contributed by atoms with E-state index in [1.54, 1.807) is 13.8 Å². The average molecular weight is 525 g/mol. The number of aliphatic hydroxyl groups excluding tert-OH is 1. The first kappa shape index (κ1) is 31.3. The molecule has 0 spiro atoms. The molecular formula is C24H36N4O9. The van der Waals surface area contributed by atoms with Gasteiger partial charge < -0.3 is 42.1 Å². The number of nitrogens with two attached hydrogens (primary N) is 1. The van der Waals surface area contributed by atoms with Crippen LogP contribution in [-0.2, 0) is 30.4 Å². The van der Waals surface area contributed by atoms with E-state index in [-0.39, 0.29) is 25.0 Å². The highest BCUT2D eigenvalue weighted by atomic mass is 16.4. The maximum Gasteiger partial charge on any atom is 0.326 e. The number of carbonyl (C=O) groups is 5. The third-order valence-corrected chi connectivity index (χ3v) is 5.85. The lowest BCUT2D eigenvalue weighted by Crippen LogP contribution is -2.60. The highest BCUT2D eigenvalue weighted by molar-refractivity contribution is 5.94. The van der Waals surface area contributed by atoms with E-state index in [9.17, 15) is 39.3 Å². The Labute approximate surface area is 214 Å². The van der Waals surface area contributed by atoms with Crippen molar-refractivity contribution >= 4 is 29.7 Å². The van der Waals surface area contributed by atoms with Gasteiger partial charge in [-0.3, -0.25) is 19.2 Å². The fraction of sp³-hybridized carbons (Fsp3) is 0.542.